The molecule has 3 amide bonds. The molecule has 276 valence electrons. The number of rotatable bonds is 12. The van der Waals surface area contributed by atoms with Gasteiger partial charge < -0.3 is 35.1 Å². The Morgan fingerprint density at radius 2 is 1.88 bits per heavy atom. The Kier molecular flexibility index (Phi) is 11.6. The van der Waals surface area contributed by atoms with Crippen LogP contribution in [0, 0.1) is 12.8 Å². The van der Waals surface area contributed by atoms with Gasteiger partial charge in [-0.15, -0.1) is 11.3 Å². The highest BCUT2D eigenvalue weighted by Crippen LogP contribution is 2.39. The number of carbonyl (C=O) groups excluding carboxylic acids is 4. The van der Waals surface area contributed by atoms with E-state index in [1.165, 1.54) is 23.2 Å². The Hall–Kier alpha value is -4.68. The number of nitrogens with zero attached hydrogens (tertiary/aromatic N) is 1. The Labute approximate surface area is 309 Å². The van der Waals surface area contributed by atoms with E-state index in [-0.39, 0.29) is 41.3 Å². The zero-order valence-corrected chi connectivity index (χ0v) is 31.0. The number of carbonyl (C=O) groups is 4. The van der Waals surface area contributed by atoms with Crippen LogP contribution >= 0.6 is 11.3 Å². The fourth-order valence-corrected chi connectivity index (χ4v) is 7.79. The van der Waals surface area contributed by atoms with E-state index < -0.39 is 18.4 Å². The molecule has 5 unspecified atom stereocenters. The van der Waals surface area contributed by atoms with Crippen LogP contribution in [-0.2, 0) is 24.4 Å². The minimum atomic E-state index is -0.996. The molecule has 52 heavy (non-hydrogen) atoms. The maximum atomic E-state index is 13.6. The lowest BCUT2D eigenvalue weighted by Crippen LogP contribution is -2.57. The second kappa shape index (κ2) is 16.3. The largest absolute Gasteiger partial charge is 0.425 e. The molecule has 2 aliphatic heterocycles. The zero-order valence-electron chi connectivity index (χ0n) is 30.2. The summed E-state index contributed by atoms with van der Waals surface area (Å²) >= 11 is 1.50. The fourth-order valence-electron chi connectivity index (χ4n) is 6.74. The highest BCUT2D eigenvalue weighted by molar-refractivity contribution is 7.14. The Balaban J connectivity index is 0.989. The summed E-state index contributed by atoms with van der Waals surface area (Å²) in [6.45, 7) is 9.68. The third-order valence-electron chi connectivity index (χ3n) is 9.92. The first kappa shape index (κ1) is 37.1. The molecule has 2 fully saturated rings. The molecular formula is C40H48N4O7S. The van der Waals surface area contributed by atoms with E-state index in [4.69, 9.17) is 14.2 Å². The lowest BCUT2D eigenvalue weighted by Gasteiger charge is -2.39. The summed E-state index contributed by atoms with van der Waals surface area (Å²) < 4.78 is 16.3. The summed E-state index contributed by atoms with van der Waals surface area (Å²) in [6, 6.07) is 9.30. The van der Waals surface area contributed by atoms with Gasteiger partial charge in [0.15, 0.2) is 0 Å². The van der Waals surface area contributed by atoms with Gasteiger partial charge in [0, 0.05) is 54.7 Å². The molecule has 0 bridgehead atoms. The van der Waals surface area contributed by atoms with Gasteiger partial charge in [0.05, 0.1) is 29.0 Å². The Bertz CT molecular complexity index is 1780. The third kappa shape index (κ3) is 9.02. The number of benzene rings is 1. The van der Waals surface area contributed by atoms with Gasteiger partial charge in [-0.2, -0.15) is 0 Å². The molecule has 2 aliphatic carbocycles. The number of hydrogen-bond acceptors (Lipinski definition) is 9. The number of allylic oxidation sites excluding steroid dienone is 5. The van der Waals surface area contributed by atoms with E-state index in [1.807, 2.05) is 56.3 Å². The number of anilines is 1. The van der Waals surface area contributed by atoms with Gasteiger partial charge in [-0.1, -0.05) is 55.5 Å². The van der Waals surface area contributed by atoms with Crippen LogP contribution in [0.5, 0.6) is 0 Å². The van der Waals surface area contributed by atoms with Crippen LogP contribution in [-0.4, -0.2) is 79.5 Å². The average molecular weight is 729 g/mol. The molecule has 11 nitrogen and oxygen atoms in total. The van der Waals surface area contributed by atoms with Crippen molar-refractivity contribution in [1.82, 2.24) is 15.5 Å². The van der Waals surface area contributed by atoms with Crippen molar-refractivity contribution in [3.05, 3.63) is 99.3 Å². The van der Waals surface area contributed by atoms with Crippen LogP contribution in [0.4, 0.5) is 10.5 Å². The molecular weight excluding hydrogens is 681 g/mol. The number of amides is 3. The van der Waals surface area contributed by atoms with Crippen molar-refractivity contribution in [2.24, 2.45) is 5.92 Å². The number of hydrogen-bond donors (Lipinski definition) is 3. The summed E-state index contributed by atoms with van der Waals surface area (Å²) in [5.41, 5.74) is 2.87. The second-order valence-electron chi connectivity index (χ2n) is 14.2. The van der Waals surface area contributed by atoms with Crippen LogP contribution in [0.25, 0.3) is 0 Å². The highest BCUT2D eigenvalue weighted by Gasteiger charge is 2.34. The number of esters is 1. The first-order valence-electron chi connectivity index (χ1n) is 18.0. The number of likely N-dealkylation sites (tertiary alicyclic amines) is 1. The standard InChI is InChI=1S/C40H48N4O7S/c1-25-14-15-30(43-31-23-44(24-31)39(48)51-27(3)50-38(47)28-10-6-5-7-11-28)20-33(25)36(45)42-26(2)29-12-8-18-40(4,21-29)35-17-16-34(52-35)37(46)41-22-32-13-9-19-49-32/h5-8,10,12,14-17,20-21,26-28,31-32,43H,9,11,13,18-19,22-24H2,1-4H3,(H,41,46)(H,42,45). The predicted octanol–water partition coefficient (Wildman–Crippen LogP) is 6.18. The van der Waals surface area contributed by atoms with Crippen molar-refractivity contribution in [3.63, 3.8) is 0 Å². The van der Waals surface area contributed by atoms with Crippen LogP contribution in [0.3, 0.4) is 0 Å². The average Bonchev–Trinajstić information content (AvgIpc) is 3.83. The van der Waals surface area contributed by atoms with Gasteiger partial charge in [0.25, 0.3) is 11.8 Å². The maximum absolute atomic E-state index is 13.6. The molecule has 1 aromatic heterocycles. The Morgan fingerprint density at radius 1 is 1.06 bits per heavy atom. The van der Waals surface area contributed by atoms with E-state index in [9.17, 15) is 19.2 Å². The molecule has 0 radical (unpaired) electrons. The minimum absolute atomic E-state index is 0.0255. The monoisotopic (exact) mass is 728 g/mol. The van der Waals surface area contributed by atoms with Crippen LogP contribution in [0.15, 0.2) is 78.4 Å². The molecule has 12 heteroatoms. The first-order valence-corrected chi connectivity index (χ1v) is 18.9. The summed E-state index contributed by atoms with van der Waals surface area (Å²) in [7, 11) is 0. The maximum Gasteiger partial charge on any atom is 0.412 e. The number of nitrogens with one attached hydrogen (secondary N) is 3. The molecule has 3 heterocycles. The lowest BCUT2D eigenvalue weighted by molar-refractivity contribution is -0.169. The van der Waals surface area contributed by atoms with Gasteiger partial charge >= 0.3 is 12.1 Å². The Morgan fingerprint density at radius 3 is 2.63 bits per heavy atom. The minimum Gasteiger partial charge on any atom is -0.425 e. The molecule has 0 spiro atoms. The van der Waals surface area contributed by atoms with Gasteiger partial charge in [-0.3, -0.25) is 14.4 Å². The van der Waals surface area contributed by atoms with Gasteiger partial charge in [-0.25, -0.2) is 4.79 Å². The molecule has 0 saturated carbocycles. The molecule has 3 N–H and O–H groups in total. The molecule has 1 aromatic carbocycles. The van der Waals surface area contributed by atoms with Crippen molar-refractivity contribution in [3.8, 4) is 0 Å². The predicted molar refractivity (Wildman–Crippen MR) is 200 cm³/mol. The van der Waals surface area contributed by atoms with Crippen molar-refractivity contribution >= 4 is 40.9 Å². The smallest absolute Gasteiger partial charge is 0.412 e. The second-order valence-corrected chi connectivity index (χ2v) is 15.3. The lowest BCUT2D eigenvalue weighted by atomic mass is 9.79. The van der Waals surface area contributed by atoms with Crippen molar-refractivity contribution < 1.29 is 33.4 Å². The molecule has 2 saturated heterocycles. The number of ether oxygens (including phenoxy) is 3. The fraction of sp³-hybridized carbons (Fsp3) is 0.450. The van der Waals surface area contributed by atoms with Crippen molar-refractivity contribution in [2.75, 3.05) is 31.6 Å². The summed E-state index contributed by atoms with van der Waals surface area (Å²) in [6.07, 6.45) is 15.6. The van der Waals surface area contributed by atoms with Crippen LogP contribution in [0.1, 0.15) is 76.9 Å². The first-order chi connectivity index (χ1) is 25.0. The van der Waals surface area contributed by atoms with E-state index in [2.05, 4.69) is 41.1 Å². The summed E-state index contributed by atoms with van der Waals surface area (Å²) in [5.74, 6) is -1.06. The highest BCUT2D eigenvalue weighted by atomic mass is 32.1. The third-order valence-corrected chi connectivity index (χ3v) is 11.3. The van der Waals surface area contributed by atoms with Crippen LogP contribution < -0.4 is 16.0 Å². The normalized spacial score (nSPS) is 23.6. The molecule has 6 rings (SSSR count). The molecule has 2 aromatic rings. The van der Waals surface area contributed by atoms with Crippen molar-refractivity contribution in [2.45, 2.75) is 83.3 Å². The molecule has 4 aliphatic rings. The van der Waals surface area contributed by atoms with Crippen LogP contribution in [0.2, 0.25) is 0 Å². The summed E-state index contributed by atoms with van der Waals surface area (Å²) in [4.78, 5) is 54.6. The van der Waals surface area contributed by atoms with E-state index in [0.29, 0.717) is 36.5 Å². The van der Waals surface area contributed by atoms with Gasteiger partial charge in [0.2, 0.25) is 6.29 Å². The number of thiophene rings is 1. The zero-order chi connectivity index (χ0) is 36.8. The van der Waals surface area contributed by atoms with Gasteiger partial charge in [-0.05, 0) is 74.9 Å². The summed E-state index contributed by atoms with van der Waals surface area (Å²) in [5, 5.41) is 9.59. The molecule has 5 atom stereocenters. The number of aryl methyl sites for hydroxylation is 1. The van der Waals surface area contributed by atoms with E-state index >= 15 is 0 Å². The van der Waals surface area contributed by atoms with E-state index in [1.54, 1.807) is 12.2 Å². The quantitative estimate of drug-likeness (QED) is 0.174. The topological polar surface area (TPSA) is 135 Å². The van der Waals surface area contributed by atoms with E-state index in [0.717, 1.165) is 47.6 Å². The van der Waals surface area contributed by atoms with Crippen molar-refractivity contribution in [1.29, 1.82) is 0 Å². The van der Waals surface area contributed by atoms with Gasteiger partial charge in [0.1, 0.15) is 0 Å². The SMILES string of the molecule is Cc1ccc(NC2CN(C(=O)OC(C)OC(=O)C3C=CC=CC3)C2)cc1C(=O)NC(C)C1=CC(C)(c2ccc(C(=O)NCC3CCCO3)s2)CC=C1.